The number of esters is 1. The molecule has 0 aliphatic carbocycles. The Balaban J connectivity index is 1.52. The van der Waals surface area contributed by atoms with E-state index in [9.17, 15) is 19.2 Å². The molecule has 3 amide bonds. The molecule has 0 radical (unpaired) electrons. The minimum absolute atomic E-state index is 0.122. The number of hydrogen-bond donors (Lipinski definition) is 0. The molecule has 10 heteroatoms. The molecule has 5 rings (SSSR count). The number of amides is 3. The number of anilines is 2. The largest absolute Gasteiger partial charge is 0.497 e. The Labute approximate surface area is 207 Å². The third-order valence-corrected chi connectivity index (χ3v) is 6.27. The monoisotopic (exact) mass is 488 g/mol. The number of rotatable bonds is 6. The average Bonchev–Trinajstić information content (AvgIpc) is 3.45. The van der Waals surface area contributed by atoms with Gasteiger partial charge in [0.25, 0.3) is 5.91 Å². The van der Waals surface area contributed by atoms with Gasteiger partial charge in [-0.2, -0.15) is 5.10 Å². The second-order valence-corrected chi connectivity index (χ2v) is 8.35. The zero-order chi connectivity index (χ0) is 25.4. The zero-order valence-corrected chi connectivity index (χ0v) is 19.9. The summed E-state index contributed by atoms with van der Waals surface area (Å²) in [5.41, 5.74) is 2.62. The topological polar surface area (TPSA) is 111 Å². The maximum absolute atomic E-state index is 13.7. The van der Waals surface area contributed by atoms with Crippen LogP contribution in [0.25, 0.3) is 5.69 Å². The molecule has 2 aromatic carbocycles. The summed E-state index contributed by atoms with van der Waals surface area (Å²) in [5.74, 6) is -0.723. The van der Waals surface area contributed by atoms with Gasteiger partial charge in [-0.05, 0) is 61.9 Å². The molecule has 184 valence electrons. The van der Waals surface area contributed by atoms with E-state index >= 15 is 0 Å². The Morgan fingerprint density at radius 3 is 2.11 bits per heavy atom. The number of ether oxygens (including phenoxy) is 2. The van der Waals surface area contributed by atoms with E-state index in [0.717, 1.165) is 0 Å². The van der Waals surface area contributed by atoms with Crippen molar-refractivity contribution in [3.8, 4) is 11.4 Å². The number of nitrogens with zero attached hydrogens (tertiary/aromatic N) is 4. The average molecular weight is 489 g/mol. The molecule has 1 saturated heterocycles. The van der Waals surface area contributed by atoms with E-state index in [1.54, 1.807) is 67.5 Å². The lowest BCUT2D eigenvalue weighted by Crippen LogP contribution is -2.39. The fraction of sp³-hybridized carbons (Fsp3) is 0.269. The summed E-state index contributed by atoms with van der Waals surface area (Å²) in [5, 5.41) is 4.47. The summed E-state index contributed by atoms with van der Waals surface area (Å²) in [7, 11) is 1.56. The van der Waals surface area contributed by atoms with Crippen LogP contribution in [0.2, 0.25) is 0 Å². The summed E-state index contributed by atoms with van der Waals surface area (Å²) < 4.78 is 11.9. The molecule has 1 fully saturated rings. The Bertz CT molecular complexity index is 1340. The summed E-state index contributed by atoms with van der Waals surface area (Å²) in [6.07, 6.45) is 0.800. The van der Waals surface area contributed by atoms with E-state index in [1.165, 1.54) is 9.58 Å². The van der Waals surface area contributed by atoms with Gasteiger partial charge >= 0.3 is 5.97 Å². The third kappa shape index (κ3) is 3.90. The van der Waals surface area contributed by atoms with Gasteiger partial charge in [0.2, 0.25) is 11.8 Å². The van der Waals surface area contributed by atoms with Crippen molar-refractivity contribution in [2.45, 2.75) is 26.2 Å². The Morgan fingerprint density at radius 1 is 0.889 bits per heavy atom. The molecule has 0 bridgehead atoms. The fourth-order valence-corrected chi connectivity index (χ4v) is 4.53. The van der Waals surface area contributed by atoms with Crippen LogP contribution in [0.15, 0.2) is 48.5 Å². The van der Waals surface area contributed by atoms with Crippen molar-refractivity contribution < 1.29 is 28.7 Å². The Morgan fingerprint density at radius 2 is 1.50 bits per heavy atom. The van der Waals surface area contributed by atoms with Gasteiger partial charge in [0.15, 0.2) is 5.69 Å². The lowest BCUT2D eigenvalue weighted by atomic mass is 10.0. The van der Waals surface area contributed by atoms with Crippen molar-refractivity contribution in [1.82, 2.24) is 9.78 Å². The minimum Gasteiger partial charge on any atom is -0.497 e. The smallest absolute Gasteiger partial charge is 0.359 e. The van der Waals surface area contributed by atoms with Gasteiger partial charge in [-0.3, -0.25) is 19.3 Å². The molecule has 0 spiro atoms. The maximum atomic E-state index is 13.7. The van der Waals surface area contributed by atoms with Crippen molar-refractivity contribution in [2.75, 3.05) is 30.1 Å². The van der Waals surface area contributed by atoms with Crippen LogP contribution in [0, 0.1) is 0 Å². The number of benzene rings is 2. The number of carbonyl (C=O) groups excluding carboxylic acids is 4. The molecule has 10 nitrogen and oxygen atoms in total. The lowest BCUT2D eigenvalue weighted by molar-refractivity contribution is -0.121. The standard InChI is InChI=1S/C26H24N4O6/c1-3-36-26(34)23-20-14-15-28(16-4-6-17(7-5-16)29-21(31)12-13-22(29)32)25(33)24(20)30(27-23)18-8-10-19(35-2)11-9-18/h4-11H,3,12-15H2,1-2H3. The van der Waals surface area contributed by atoms with Crippen LogP contribution >= 0.6 is 0 Å². The summed E-state index contributed by atoms with van der Waals surface area (Å²) >= 11 is 0. The van der Waals surface area contributed by atoms with Gasteiger partial charge in [0.05, 0.1) is 25.1 Å². The van der Waals surface area contributed by atoms with Crippen LogP contribution in [0.3, 0.4) is 0 Å². The summed E-state index contributed by atoms with van der Waals surface area (Å²) in [6.45, 7) is 2.23. The Kier molecular flexibility index (Phi) is 6.01. The predicted molar refractivity (Wildman–Crippen MR) is 130 cm³/mol. The van der Waals surface area contributed by atoms with Crippen LogP contribution in [0.5, 0.6) is 5.75 Å². The minimum atomic E-state index is -0.577. The number of aromatic nitrogens is 2. The first-order valence-electron chi connectivity index (χ1n) is 11.6. The molecule has 3 heterocycles. The van der Waals surface area contributed by atoms with Crippen LogP contribution in [-0.4, -0.2) is 53.7 Å². The number of methoxy groups -OCH3 is 1. The SMILES string of the molecule is CCOC(=O)c1nn(-c2ccc(OC)cc2)c2c1CCN(c1ccc(N3C(=O)CCC3=O)cc1)C2=O. The van der Waals surface area contributed by atoms with Crippen molar-refractivity contribution in [1.29, 1.82) is 0 Å². The van der Waals surface area contributed by atoms with Crippen LogP contribution < -0.4 is 14.5 Å². The first kappa shape index (κ1) is 23.3. The fourth-order valence-electron chi connectivity index (χ4n) is 4.53. The second-order valence-electron chi connectivity index (χ2n) is 8.35. The summed E-state index contributed by atoms with van der Waals surface area (Å²) in [4.78, 5) is 53.3. The van der Waals surface area contributed by atoms with Gasteiger partial charge in [0.1, 0.15) is 11.4 Å². The van der Waals surface area contributed by atoms with Gasteiger partial charge in [0, 0.05) is 30.6 Å². The van der Waals surface area contributed by atoms with Crippen LogP contribution in [0.1, 0.15) is 46.3 Å². The highest BCUT2D eigenvalue weighted by Gasteiger charge is 2.36. The molecule has 0 N–H and O–H groups in total. The highest BCUT2D eigenvalue weighted by atomic mass is 16.5. The number of fused-ring (bicyclic) bond motifs is 1. The third-order valence-electron chi connectivity index (χ3n) is 6.27. The normalized spacial score (nSPS) is 15.3. The Hall–Kier alpha value is -4.47. The lowest BCUT2D eigenvalue weighted by Gasteiger charge is -2.28. The molecule has 2 aliphatic heterocycles. The molecular weight excluding hydrogens is 464 g/mol. The van der Waals surface area contributed by atoms with Crippen LogP contribution in [-0.2, 0) is 20.7 Å². The zero-order valence-electron chi connectivity index (χ0n) is 19.9. The molecule has 36 heavy (non-hydrogen) atoms. The first-order valence-corrected chi connectivity index (χ1v) is 11.6. The van der Waals surface area contributed by atoms with Crippen LogP contribution in [0.4, 0.5) is 11.4 Å². The van der Waals surface area contributed by atoms with Gasteiger partial charge in [-0.15, -0.1) is 0 Å². The molecule has 0 unspecified atom stereocenters. The van der Waals surface area contributed by atoms with E-state index < -0.39 is 5.97 Å². The second kappa shape index (κ2) is 9.29. The van der Waals surface area contributed by atoms with Crippen molar-refractivity contribution in [3.63, 3.8) is 0 Å². The number of carbonyl (C=O) groups is 4. The highest BCUT2D eigenvalue weighted by molar-refractivity contribution is 6.20. The summed E-state index contributed by atoms with van der Waals surface area (Å²) in [6, 6.07) is 13.7. The molecule has 1 aromatic heterocycles. The maximum Gasteiger partial charge on any atom is 0.359 e. The van der Waals surface area contributed by atoms with Gasteiger partial charge in [-0.1, -0.05) is 0 Å². The van der Waals surface area contributed by atoms with E-state index in [-0.39, 0.29) is 48.6 Å². The van der Waals surface area contributed by atoms with E-state index in [1.807, 2.05) is 0 Å². The van der Waals surface area contributed by atoms with Crippen molar-refractivity contribution in [3.05, 3.63) is 65.5 Å². The predicted octanol–water partition coefficient (Wildman–Crippen LogP) is 2.91. The van der Waals surface area contributed by atoms with Gasteiger partial charge < -0.3 is 14.4 Å². The molecule has 0 atom stereocenters. The van der Waals surface area contributed by atoms with Crippen molar-refractivity contribution >= 4 is 35.1 Å². The molecular formula is C26H24N4O6. The molecule has 3 aromatic rings. The quantitative estimate of drug-likeness (QED) is 0.387. The van der Waals surface area contributed by atoms with Crippen molar-refractivity contribution in [2.24, 2.45) is 0 Å². The van der Waals surface area contributed by atoms with E-state index in [0.29, 0.717) is 41.3 Å². The number of imide groups is 1. The number of hydrogen-bond acceptors (Lipinski definition) is 7. The van der Waals surface area contributed by atoms with E-state index in [4.69, 9.17) is 9.47 Å². The molecule has 2 aliphatic rings. The highest BCUT2D eigenvalue weighted by Crippen LogP contribution is 2.31. The first-order chi connectivity index (χ1) is 17.4. The van der Waals surface area contributed by atoms with Gasteiger partial charge in [-0.25, -0.2) is 9.48 Å². The van der Waals surface area contributed by atoms with E-state index in [2.05, 4.69) is 5.10 Å². The molecule has 0 saturated carbocycles.